The first kappa shape index (κ1) is 12.4. The second-order valence-electron chi connectivity index (χ2n) is 3.67. The molecule has 2 heterocycles. The van der Waals surface area contributed by atoms with Crippen LogP contribution in [0.15, 0.2) is 16.7 Å². The fourth-order valence-corrected chi connectivity index (χ4v) is 1.53. The van der Waals surface area contributed by atoms with Crippen LogP contribution >= 0.6 is 0 Å². The standard InChI is InChI=1S/C11H15N5O2/c1-4-7(12-2)11-13-10(16-18-11)8-5-6-9(17-3)15-14-8/h5-7,12H,4H2,1-3H3. The summed E-state index contributed by atoms with van der Waals surface area (Å²) >= 11 is 0. The van der Waals surface area contributed by atoms with E-state index >= 15 is 0 Å². The van der Waals surface area contributed by atoms with E-state index in [0.29, 0.717) is 23.3 Å². The largest absolute Gasteiger partial charge is 0.480 e. The molecule has 0 bridgehead atoms. The average Bonchev–Trinajstić information content (AvgIpc) is 2.90. The van der Waals surface area contributed by atoms with Crippen LogP contribution in [0.25, 0.3) is 11.5 Å². The van der Waals surface area contributed by atoms with Crippen LogP contribution in [0, 0.1) is 0 Å². The topological polar surface area (TPSA) is 86.0 Å². The normalized spacial score (nSPS) is 12.4. The molecule has 0 fully saturated rings. The fraction of sp³-hybridized carbons (Fsp3) is 0.455. The molecular weight excluding hydrogens is 234 g/mol. The van der Waals surface area contributed by atoms with Gasteiger partial charge in [-0.1, -0.05) is 12.1 Å². The van der Waals surface area contributed by atoms with Crippen LogP contribution in [-0.4, -0.2) is 34.5 Å². The average molecular weight is 249 g/mol. The van der Waals surface area contributed by atoms with Gasteiger partial charge in [-0.05, 0) is 19.5 Å². The molecule has 1 atom stereocenters. The number of methoxy groups -OCH3 is 1. The third-order valence-corrected chi connectivity index (χ3v) is 2.57. The highest BCUT2D eigenvalue weighted by atomic mass is 16.5. The lowest BCUT2D eigenvalue weighted by atomic mass is 10.2. The van der Waals surface area contributed by atoms with Crippen molar-refractivity contribution in [1.82, 2.24) is 25.7 Å². The maximum atomic E-state index is 5.20. The summed E-state index contributed by atoms with van der Waals surface area (Å²) in [5, 5.41) is 14.8. The zero-order valence-corrected chi connectivity index (χ0v) is 10.5. The summed E-state index contributed by atoms with van der Waals surface area (Å²) in [6.07, 6.45) is 0.867. The van der Waals surface area contributed by atoms with E-state index < -0.39 is 0 Å². The molecule has 2 aromatic heterocycles. The zero-order valence-electron chi connectivity index (χ0n) is 10.5. The van der Waals surface area contributed by atoms with E-state index in [0.717, 1.165) is 6.42 Å². The lowest BCUT2D eigenvalue weighted by Gasteiger charge is -2.06. The highest BCUT2D eigenvalue weighted by molar-refractivity contribution is 5.47. The Bertz CT molecular complexity index is 492. The molecule has 1 unspecified atom stereocenters. The SMILES string of the molecule is CCC(NC)c1nc(-c2ccc(OC)nn2)no1. The van der Waals surface area contributed by atoms with Gasteiger partial charge in [-0.25, -0.2) is 0 Å². The lowest BCUT2D eigenvalue weighted by Crippen LogP contribution is -2.15. The third kappa shape index (κ3) is 2.45. The summed E-state index contributed by atoms with van der Waals surface area (Å²) in [5.41, 5.74) is 0.553. The highest BCUT2D eigenvalue weighted by Gasteiger charge is 2.16. The Morgan fingerprint density at radius 2 is 2.22 bits per heavy atom. The molecule has 0 spiro atoms. The van der Waals surface area contributed by atoms with E-state index in [-0.39, 0.29) is 6.04 Å². The Morgan fingerprint density at radius 3 is 2.78 bits per heavy atom. The number of nitrogens with one attached hydrogen (secondary N) is 1. The lowest BCUT2D eigenvalue weighted by molar-refractivity contribution is 0.334. The van der Waals surface area contributed by atoms with Crippen LogP contribution in [0.5, 0.6) is 5.88 Å². The first-order chi connectivity index (χ1) is 8.78. The Labute approximate surface area is 105 Å². The van der Waals surface area contributed by atoms with Crippen molar-refractivity contribution in [3.63, 3.8) is 0 Å². The summed E-state index contributed by atoms with van der Waals surface area (Å²) in [6, 6.07) is 3.49. The van der Waals surface area contributed by atoms with Crippen molar-refractivity contribution >= 4 is 0 Å². The van der Waals surface area contributed by atoms with Gasteiger partial charge in [0.2, 0.25) is 17.6 Å². The van der Waals surface area contributed by atoms with Gasteiger partial charge < -0.3 is 14.6 Å². The minimum Gasteiger partial charge on any atom is -0.480 e. The van der Waals surface area contributed by atoms with Crippen molar-refractivity contribution in [2.24, 2.45) is 0 Å². The minimum atomic E-state index is 0.0532. The van der Waals surface area contributed by atoms with Crippen molar-refractivity contribution in [1.29, 1.82) is 0 Å². The molecular formula is C11H15N5O2. The monoisotopic (exact) mass is 249 g/mol. The molecule has 0 saturated carbocycles. The number of nitrogens with zero attached hydrogens (tertiary/aromatic N) is 4. The number of hydrogen-bond donors (Lipinski definition) is 1. The molecule has 7 nitrogen and oxygen atoms in total. The van der Waals surface area contributed by atoms with Crippen LogP contribution < -0.4 is 10.1 Å². The molecule has 2 rings (SSSR count). The molecule has 0 aromatic carbocycles. The van der Waals surface area contributed by atoms with Crippen molar-refractivity contribution in [2.45, 2.75) is 19.4 Å². The maximum absolute atomic E-state index is 5.20. The number of hydrogen-bond acceptors (Lipinski definition) is 7. The van der Waals surface area contributed by atoms with E-state index in [4.69, 9.17) is 9.26 Å². The van der Waals surface area contributed by atoms with Crippen LogP contribution in [0.2, 0.25) is 0 Å². The summed E-state index contributed by atoms with van der Waals surface area (Å²) < 4.78 is 10.1. The van der Waals surface area contributed by atoms with Crippen LogP contribution in [-0.2, 0) is 0 Å². The first-order valence-corrected chi connectivity index (χ1v) is 5.67. The van der Waals surface area contributed by atoms with Crippen molar-refractivity contribution in [3.05, 3.63) is 18.0 Å². The fourth-order valence-electron chi connectivity index (χ4n) is 1.53. The van der Waals surface area contributed by atoms with Gasteiger partial charge in [0.25, 0.3) is 0 Å². The predicted octanol–water partition coefficient (Wildman–Crippen LogP) is 1.21. The van der Waals surface area contributed by atoms with Gasteiger partial charge in [0.1, 0.15) is 5.69 Å². The van der Waals surface area contributed by atoms with Gasteiger partial charge in [0.15, 0.2) is 0 Å². The third-order valence-electron chi connectivity index (χ3n) is 2.57. The molecule has 1 N–H and O–H groups in total. The van der Waals surface area contributed by atoms with Crippen LogP contribution in [0.4, 0.5) is 0 Å². The first-order valence-electron chi connectivity index (χ1n) is 5.67. The molecule has 0 saturated heterocycles. The van der Waals surface area contributed by atoms with Crippen molar-refractivity contribution < 1.29 is 9.26 Å². The predicted molar refractivity (Wildman–Crippen MR) is 64.0 cm³/mol. The zero-order chi connectivity index (χ0) is 13.0. The second kappa shape index (κ2) is 5.54. The van der Waals surface area contributed by atoms with Gasteiger partial charge >= 0.3 is 0 Å². The molecule has 7 heteroatoms. The quantitative estimate of drug-likeness (QED) is 0.852. The molecule has 0 amide bonds. The molecule has 0 aliphatic rings. The smallest absolute Gasteiger partial charge is 0.244 e. The van der Waals surface area contributed by atoms with Gasteiger partial charge in [-0.15, -0.1) is 10.2 Å². The van der Waals surface area contributed by atoms with Crippen molar-refractivity contribution in [3.8, 4) is 17.4 Å². The number of aromatic nitrogens is 4. The van der Waals surface area contributed by atoms with E-state index in [2.05, 4.69) is 25.7 Å². The van der Waals surface area contributed by atoms with E-state index in [9.17, 15) is 0 Å². The Morgan fingerprint density at radius 1 is 1.39 bits per heavy atom. The van der Waals surface area contributed by atoms with Gasteiger partial charge in [0, 0.05) is 6.07 Å². The molecule has 2 aromatic rings. The summed E-state index contributed by atoms with van der Waals surface area (Å²) in [6.45, 7) is 2.04. The van der Waals surface area contributed by atoms with E-state index in [1.165, 1.54) is 7.11 Å². The van der Waals surface area contributed by atoms with Gasteiger partial charge in [-0.2, -0.15) is 4.98 Å². The van der Waals surface area contributed by atoms with Crippen LogP contribution in [0.3, 0.4) is 0 Å². The van der Waals surface area contributed by atoms with E-state index in [1.54, 1.807) is 12.1 Å². The summed E-state index contributed by atoms with van der Waals surface area (Å²) in [5.74, 6) is 1.42. The van der Waals surface area contributed by atoms with Gasteiger partial charge in [0.05, 0.1) is 13.2 Å². The minimum absolute atomic E-state index is 0.0532. The number of rotatable bonds is 5. The Balaban J connectivity index is 2.23. The van der Waals surface area contributed by atoms with Crippen LogP contribution in [0.1, 0.15) is 25.3 Å². The molecule has 0 radical (unpaired) electrons. The van der Waals surface area contributed by atoms with Gasteiger partial charge in [-0.3, -0.25) is 0 Å². The molecule has 0 aliphatic carbocycles. The Kier molecular flexibility index (Phi) is 3.83. The molecule has 18 heavy (non-hydrogen) atoms. The number of ether oxygens (including phenoxy) is 1. The molecule has 0 aliphatic heterocycles. The summed E-state index contributed by atoms with van der Waals surface area (Å²) in [7, 11) is 3.39. The second-order valence-corrected chi connectivity index (χ2v) is 3.67. The Hall–Kier alpha value is -2.02. The maximum Gasteiger partial charge on any atom is 0.244 e. The van der Waals surface area contributed by atoms with Crippen molar-refractivity contribution in [2.75, 3.05) is 14.2 Å². The highest BCUT2D eigenvalue weighted by Crippen LogP contribution is 2.19. The summed E-state index contributed by atoms with van der Waals surface area (Å²) in [4.78, 5) is 4.29. The molecule has 96 valence electrons. The van der Waals surface area contributed by atoms with E-state index in [1.807, 2.05) is 14.0 Å².